The molecule has 0 fully saturated rings. The highest BCUT2D eigenvalue weighted by Crippen LogP contribution is 2.37. The summed E-state index contributed by atoms with van der Waals surface area (Å²) in [7, 11) is 4.19. The zero-order valence-corrected chi connectivity index (χ0v) is 16.0. The Balaban J connectivity index is 1.64. The standard InChI is InChI=1S/C21H26N6/c1-26(2)13-6-11-23-19-15-16(9-12-24-19)20-18-8-5-14-27(18)25-21(20)17-7-3-4-10-22-17/h3-4,7,9-10,12,15H,5-6,8,11,13-14H2,1-2H3,(H,23,24). The molecule has 0 atom stereocenters. The minimum Gasteiger partial charge on any atom is -0.370 e. The van der Waals surface area contributed by atoms with Crippen LogP contribution in [0.4, 0.5) is 5.82 Å². The summed E-state index contributed by atoms with van der Waals surface area (Å²) in [5.74, 6) is 0.913. The van der Waals surface area contributed by atoms with Gasteiger partial charge in [-0.25, -0.2) is 4.98 Å². The van der Waals surface area contributed by atoms with Gasteiger partial charge in [-0.15, -0.1) is 0 Å². The Hall–Kier alpha value is -2.73. The molecule has 0 bridgehead atoms. The number of anilines is 1. The van der Waals surface area contributed by atoms with Crippen LogP contribution in [-0.2, 0) is 13.0 Å². The Morgan fingerprint density at radius 3 is 2.89 bits per heavy atom. The highest BCUT2D eigenvalue weighted by Gasteiger charge is 2.24. The zero-order valence-electron chi connectivity index (χ0n) is 16.0. The van der Waals surface area contributed by atoms with Gasteiger partial charge in [-0.3, -0.25) is 9.67 Å². The van der Waals surface area contributed by atoms with E-state index in [0.29, 0.717) is 0 Å². The molecule has 0 saturated carbocycles. The molecule has 1 aliphatic rings. The number of rotatable bonds is 7. The second kappa shape index (κ2) is 7.88. The molecule has 0 unspecified atom stereocenters. The fraction of sp³-hybridized carbons (Fsp3) is 0.381. The predicted molar refractivity (Wildman–Crippen MR) is 109 cm³/mol. The largest absolute Gasteiger partial charge is 0.370 e. The van der Waals surface area contributed by atoms with Crippen LogP contribution >= 0.6 is 0 Å². The van der Waals surface area contributed by atoms with Gasteiger partial charge in [0.1, 0.15) is 11.5 Å². The first-order valence-electron chi connectivity index (χ1n) is 9.58. The van der Waals surface area contributed by atoms with Crippen LogP contribution in [0.25, 0.3) is 22.5 Å². The van der Waals surface area contributed by atoms with E-state index >= 15 is 0 Å². The highest BCUT2D eigenvalue weighted by molar-refractivity contribution is 5.82. The van der Waals surface area contributed by atoms with Crippen molar-refractivity contribution in [1.29, 1.82) is 0 Å². The Kier molecular flexibility index (Phi) is 5.16. The SMILES string of the molecule is CN(C)CCCNc1cc(-c2c(-c3ccccn3)nn3c2CCC3)ccn1. The third kappa shape index (κ3) is 3.85. The van der Waals surface area contributed by atoms with Crippen molar-refractivity contribution in [2.24, 2.45) is 0 Å². The predicted octanol–water partition coefficient (Wildman–Crippen LogP) is 3.32. The fourth-order valence-electron chi connectivity index (χ4n) is 3.61. The van der Waals surface area contributed by atoms with Gasteiger partial charge in [0.25, 0.3) is 0 Å². The van der Waals surface area contributed by atoms with Gasteiger partial charge in [-0.2, -0.15) is 5.10 Å². The molecule has 27 heavy (non-hydrogen) atoms. The third-order valence-electron chi connectivity index (χ3n) is 4.89. The number of nitrogens with one attached hydrogen (secondary N) is 1. The summed E-state index contributed by atoms with van der Waals surface area (Å²) in [6.45, 7) is 2.96. The van der Waals surface area contributed by atoms with Gasteiger partial charge in [0.2, 0.25) is 0 Å². The monoisotopic (exact) mass is 362 g/mol. The maximum Gasteiger partial charge on any atom is 0.126 e. The summed E-state index contributed by atoms with van der Waals surface area (Å²) in [4.78, 5) is 11.2. The lowest BCUT2D eigenvalue weighted by atomic mass is 10.0. The van der Waals surface area contributed by atoms with E-state index in [4.69, 9.17) is 5.10 Å². The van der Waals surface area contributed by atoms with Crippen molar-refractivity contribution >= 4 is 5.82 Å². The van der Waals surface area contributed by atoms with Gasteiger partial charge in [0.15, 0.2) is 0 Å². The van der Waals surface area contributed by atoms with Crippen LogP contribution < -0.4 is 5.32 Å². The molecule has 4 heterocycles. The average molecular weight is 362 g/mol. The molecular weight excluding hydrogens is 336 g/mol. The second-order valence-electron chi connectivity index (χ2n) is 7.23. The van der Waals surface area contributed by atoms with E-state index in [1.54, 1.807) is 0 Å². The topological polar surface area (TPSA) is 58.9 Å². The van der Waals surface area contributed by atoms with Crippen molar-refractivity contribution in [3.05, 3.63) is 48.4 Å². The van der Waals surface area contributed by atoms with E-state index in [0.717, 1.165) is 61.7 Å². The normalized spacial score (nSPS) is 13.1. The van der Waals surface area contributed by atoms with Crippen molar-refractivity contribution in [3.8, 4) is 22.5 Å². The van der Waals surface area contributed by atoms with Crippen LogP contribution in [0.1, 0.15) is 18.5 Å². The number of hydrogen-bond donors (Lipinski definition) is 1. The van der Waals surface area contributed by atoms with Crippen molar-refractivity contribution in [3.63, 3.8) is 0 Å². The second-order valence-corrected chi connectivity index (χ2v) is 7.23. The van der Waals surface area contributed by atoms with Gasteiger partial charge < -0.3 is 10.2 Å². The molecule has 140 valence electrons. The summed E-state index contributed by atoms with van der Waals surface area (Å²) in [5.41, 5.74) is 5.55. The van der Waals surface area contributed by atoms with Crippen LogP contribution in [0.2, 0.25) is 0 Å². The quantitative estimate of drug-likeness (QED) is 0.654. The molecule has 4 rings (SSSR count). The number of nitrogens with zero attached hydrogens (tertiary/aromatic N) is 5. The first-order valence-corrected chi connectivity index (χ1v) is 9.58. The highest BCUT2D eigenvalue weighted by atomic mass is 15.3. The molecule has 0 saturated heterocycles. The molecule has 6 nitrogen and oxygen atoms in total. The molecule has 3 aromatic heterocycles. The van der Waals surface area contributed by atoms with E-state index in [1.165, 1.54) is 11.3 Å². The first-order chi connectivity index (χ1) is 13.2. The molecule has 0 aliphatic carbocycles. The lowest BCUT2D eigenvalue weighted by Gasteiger charge is -2.11. The minimum atomic E-state index is 0.911. The van der Waals surface area contributed by atoms with Crippen LogP contribution in [0.5, 0.6) is 0 Å². The molecular formula is C21H26N6. The number of aromatic nitrogens is 4. The van der Waals surface area contributed by atoms with Gasteiger partial charge >= 0.3 is 0 Å². The summed E-state index contributed by atoms with van der Waals surface area (Å²) in [6.07, 6.45) is 7.00. The van der Waals surface area contributed by atoms with Gasteiger partial charge in [0, 0.05) is 36.7 Å². The maximum absolute atomic E-state index is 4.87. The number of pyridine rings is 2. The van der Waals surface area contributed by atoms with Crippen molar-refractivity contribution < 1.29 is 0 Å². The lowest BCUT2D eigenvalue weighted by molar-refractivity contribution is 0.405. The lowest BCUT2D eigenvalue weighted by Crippen LogP contribution is -2.16. The smallest absolute Gasteiger partial charge is 0.126 e. The molecule has 6 heteroatoms. The Morgan fingerprint density at radius 1 is 1.15 bits per heavy atom. The summed E-state index contributed by atoms with van der Waals surface area (Å²) >= 11 is 0. The van der Waals surface area contributed by atoms with Crippen molar-refractivity contribution in [2.75, 3.05) is 32.5 Å². The van der Waals surface area contributed by atoms with E-state index in [-0.39, 0.29) is 0 Å². The maximum atomic E-state index is 4.87. The van der Waals surface area contributed by atoms with E-state index in [1.807, 2.05) is 30.6 Å². The molecule has 0 radical (unpaired) electrons. The van der Waals surface area contributed by atoms with Crippen molar-refractivity contribution in [1.82, 2.24) is 24.6 Å². The van der Waals surface area contributed by atoms with Gasteiger partial charge in [0.05, 0.1) is 5.69 Å². The van der Waals surface area contributed by atoms with Crippen LogP contribution in [-0.4, -0.2) is 51.8 Å². The Labute approximate surface area is 160 Å². The fourth-order valence-corrected chi connectivity index (χ4v) is 3.61. The minimum absolute atomic E-state index is 0.911. The molecule has 0 spiro atoms. The van der Waals surface area contributed by atoms with Crippen molar-refractivity contribution in [2.45, 2.75) is 25.8 Å². The molecule has 0 amide bonds. The molecule has 0 aromatic carbocycles. The number of hydrogen-bond acceptors (Lipinski definition) is 5. The number of aryl methyl sites for hydroxylation is 1. The average Bonchev–Trinajstić information content (AvgIpc) is 3.27. The van der Waals surface area contributed by atoms with Gasteiger partial charge in [-0.1, -0.05) is 6.07 Å². The van der Waals surface area contributed by atoms with Crippen LogP contribution in [0, 0.1) is 0 Å². The third-order valence-corrected chi connectivity index (χ3v) is 4.89. The van der Waals surface area contributed by atoms with E-state index < -0.39 is 0 Å². The van der Waals surface area contributed by atoms with Crippen LogP contribution in [0.15, 0.2) is 42.7 Å². The summed E-state index contributed by atoms with van der Waals surface area (Å²) < 4.78 is 2.14. The van der Waals surface area contributed by atoms with Gasteiger partial charge in [-0.05, 0) is 69.7 Å². The Bertz CT molecular complexity index is 900. The van der Waals surface area contributed by atoms with E-state index in [9.17, 15) is 0 Å². The summed E-state index contributed by atoms with van der Waals surface area (Å²) in [5, 5.41) is 8.32. The van der Waals surface area contributed by atoms with Crippen LogP contribution in [0.3, 0.4) is 0 Å². The molecule has 1 N–H and O–H groups in total. The first kappa shape index (κ1) is 17.7. The molecule has 3 aromatic rings. The van der Waals surface area contributed by atoms with E-state index in [2.05, 4.69) is 51.1 Å². The summed E-state index contributed by atoms with van der Waals surface area (Å²) in [6, 6.07) is 10.2. The molecule has 1 aliphatic heterocycles. The number of fused-ring (bicyclic) bond motifs is 1. The zero-order chi connectivity index (χ0) is 18.6. The Morgan fingerprint density at radius 2 is 2.07 bits per heavy atom.